The number of H-pyrrole nitrogens is 1. The second kappa shape index (κ2) is 5.33. The van der Waals surface area contributed by atoms with E-state index in [1.807, 2.05) is 5.38 Å². The number of rotatable bonds is 3. The zero-order valence-electron chi connectivity index (χ0n) is 9.09. The maximum absolute atomic E-state index is 11.7. The summed E-state index contributed by atoms with van der Waals surface area (Å²) < 4.78 is 0.519. The molecule has 0 saturated carbocycles. The fraction of sp³-hybridized carbons (Fsp3) is 0.273. The van der Waals surface area contributed by atoms with Crippen LogP contribution in [0.5, 0.6) is 0 Å². The highest BCUT2D eigenvalue weighted by Gasteiger charge is 2.11. The van der Waals surface area contributed by atoms with Crippen LogP contribution in [0.25, 0.3) is 10.7 Å². The predicted molar refractivity (Wildman–Crippen MR) is 74.9 cm³/mol. The van der Waals surface area contributed by atoms with Gasteiger partial charge in [-0.2, -0.15) is 0 Å². The number of hydrogen-bond donors (Lipinski definition) is 1. The standard InChI is InChI=1S/C11H10BrClN2OS/c1-2-3-7-9(12)11(16)15-10(14-7)8-4-6(13)5-17-8/h4-5H,2-3H2,1H3,(H,14,15,16). The molecule has 3 nitrogen and oxygen atoms in total. The topological polar surface area (TPSA) is 45.8 Å². The van der Waals surface area contributed by atoms with Crippen LogP contribution in [0.1, 0.15) is 19.0 Å². The zero-order chi connectivity index (χ0) is 12.4. The van der Waals surface area contributed by atoms with E-state index in [1.54, 1.807) is 6.07 Å². The Bertz CT molecular complexity index is 593. The number of aryl methyl sites for hydroxylation is 1. The summed E-state index contributed by atoms with van der Waals surface area (Å²) in [5.41, 5.74) is 0.638. The maximum atomic E-state index is 11.7. The number of thiophene rings is 1. The summed E-state index contributed by atoms with van der Waals surface area (Å²) in [7, 11) is 0. The lowest BCUT2D eigenvalue weighted by Crippen LogP contribution is -2.13. The van der Waals surface area contributed by atoms with Gasteiger partial charge in [-0.3, -0.25) is 4.79 Å². The highest BCUT2D eigenvalue weighted by atomic mass is 79.9. The molecule has 0 saturated heterocycles. The molecule has 0 amide bonds. The van der Waals surface area contributed by atoms with E-state index < -0.39 is 0 Å². The van der Waals surface area contributed by atoms with E-state index in [0.717, 1.165) is 23.4 Å². The minimum absolute atomic E-state index is 0.150. The summed E-state index contributed by atoms with van der Waals surface area (Å²) >= 11 is 10.6. The molecule has 2 aromatic heterocycles. The molecule has 0 spiro atoms. The average Bonchev–Trinajstić information content (AvgIpc) is 2.71. The van der Waals surface area contributed by atoms with Crippen LogP contribution in [-0.2, 0) is 6.42 Å². The number of aromatic nitrogens is 2. The zero-order valence-corrected chi connectivity index (χ0v) is 12.2. The molecule has 0 bridgehead atoms. The van der Waals surface area contributed by atoms with Crippen molar-refractivity contribution < 1.29 is 0 Å². The second-order valence-corrected chi connectivity index (χ2v) is 5.70. The summed E-state index contributed by atoms with van der Waals surface area (Å²) in [6.07, 6.45) is 1.72. The lowest BCUT2D eigenvalue weighted by atomic mass is 10.2. The fourth-order valence-corrected chi connectivity index (χ4v) is 2.87. The van der Waals surface area contributed by atoms with E-state index >= 15 is 0 Å². The summed E-state index contributed by atoms with van der Waals surface area (Å²) in [5.74, 6) is 0.582. The van der Waals surface area contributed by atoms with Crippen LogP contribution < -0.4 is 5.56 Å². The Morgan fingerprint density at radius 2 is 2.35 bits per heavy atom. The fourth-order valence-electron chi connectivity index (χ4n) is 1.46. The molecular formula is C11H10BrClN2OS. The smallest absolute Gasteiger partial charge is 0.265 e. The molecule has 0 radical (unpaired) electrons. The van der Waals surface area contributed by atoms with Crippen molar-refractivity contribution in [3.63, 3.8) is 0 Å². The monoisotopic (exact) mass is 332 g/mol. The van der Waals surface area contributed by atoms with Crippen LogP contribution >= 0.6 is 38.9 Å². The molecule has 2 aromatic rings. The molecule has 90 valence electrons. The van der Waals surface area contributed by atoms with Crippen molar-refractivity contribution in [2.24, 2.45) is 0 Å². The first kappa shape index (κ1) is 12.8. The van der Waals surface area contributed by atoms with Gasteiger partial charge in [-0.05, 0) is 28.4 Å². The van der Waals surface area contributed by atoms with Crippen molar-refractivity contribution in [1.29, 1.82) is 0 Å². The Kier molecular flexibility index (Phi) is 4.01. The predicted octanol–water partition coefficient (Wildman–Crippen LogP) is 3.87. The van der Waals surface area contributed by atoms with E-state index in [0.29, 0.717) is 15.3 Å². The Hall–Kier alpha value is -0.650. The molecule has 1 N–H and O–H groups in total. The van der Waals surface area contributed by atoms with Crippen LogP contribution in [0.15, 0.2) is 20.7 Å². The second-order valence-electron chi connectivity index (χ2n) is 3.55. The molecular weight excluding hydrogens is 324 g/mol. The van der Waals surface area contributed by atoms with Gasteiger partial charge in [-0.15, -0.1) is 11.3 Å². The van der Waals surface area contributed by atoms with Crippen LogP contribution in [0.4, 0.5) is 0 Å². The average molecular weight is 334 g/mol. The van der Waals surface area contributed by atoms with Crippen LogP contribution in [0, 0.1) is 0 Å². The molecule has 0 aliphatic carbocycles. The van der Waals surface area contributed by atoms with Gasteiger partial charge in [-0.1, -0.05) is 24.9 Å². The Balaban J connectivity index is 2.52. The molecule has 0 unspecified atom stereocenters. The van der Waals surface area contributed by atoms with Gasteiger partial charge >= 0.3 is 0 Å². The molecule has 0 aliphatic rings. The van der Waals surface area contributed by atoms with Crippen LogP contribution in [0.3, 0.4) is 0 Å². The van der Waals surface area contributed by atoms with Crippen molar-refractivity contribution in [3.8, 4) is 10.7 Å². The molecule has 6 heteroatoms. The number of nitrogens with one attached hydrogen (secondary N) is 1. The van der Waals surface area contributed by atoms with E-state index in [2.05, 4.69) is 32.8 Å². The van der Waals surface area contributed by atoms with Crippen LogP contribution in [-0.4, -0.2) is 9.97 Å². The van der Waals surface area contributed by atoms with Gasteiger partial charge in [0.2, 0.25) is 0 Å². The third kappa shape index (κ3) is 2.78. The van der Waals surface area contributed by atoms with Crippen molar-refractivity contribution in [2.75, 3.05) is 0 Å². The maximum Gasteiger partial charge on any atom is 0.265 e. The van der Waals surface area contributed by atoms with Gasteiger partial charge in [0.05, 0.1) is 15.6 Å². The summed E-state index contributed by atoms with van der Waals surface area (Å²) in [6, 6.07) is 1.80. The van der Waals surface area contributed by atoms with Gasteiger partial charge < -0.3 is 4.98 Å². The van der Waals surface area contributed by atoms with Gasteiger partial charge in [0.15, 0.2) is 5.82 Å². The number of aromatic amines is 1. The van der Waals surface area contributed by atoms with Crippen LogP contribution in [0.2, 0.25) is 5.02 Å². The highest BCUT2D eigenvalue weighted by molar-refractivity contribution is 9.10. The third-order valence-electron chi connectivity index (χ3n) is 2.22. The minimum atomic E-state index is -0.150. The quantitative estimate of drug-likeness (QED) is 0.927. The largest absolute Gasteiger partial charge is 0.305 e. The van der Waals surface area contributed by atoms with Gasteiger partial charge in [0.25, 0.3) is 5.56 Å². The van der Waals surface area contributed by atoms with Gasteiger partial charge in [0, 0.05) is 5.38 Å². The first-order valence-corrected chi connectivity index (χ1v) is 7.20. The molecule has 0 fully saturated rings. The number of hydrogen-bond acceptors (Lipinski definition) is 3. The third-order valence-corrected chi connectivity index (χ3v) is 4.32. The SMILES string of the molecule is CCCc1nc(-c2cc(Cl)cs2)[nH]c(=O)c1Br. The van der Waals surface area contributed by atoms with Crippen molar-refractivity contribution in [2.45, 2.75) is 19.8 Å². The lowest BCUT2D eigenvalue weighted by Gasteiger charge is -2.03. The highest BCUT2D eigenvalue weighted by Crippen LogP contribution is 2.27. The van der Waals surface area contributed by atoms with Crippen molar-refractivity contribution in [3.05, 3.63) is 37.0 Å². The molecule has 0 aliphatic heterocycles. The van der Waals surface area contributed by atoms with Gasteiger partial charge in [-0.25, -0.2) is 4.98 Å². The Labute approximate surface area is 116 Å². The molecule has 0 aromatic carbocycles. The van der Waals surface area contributed by atoms with Crippen molar-refractivity contribution >= 4 is 38.9 Å². The minimum Gasteiger partial charge on any atom is -0.305 e. The van der Waals surface area contributed by atoms with Crippen molar-refractivity contribution in [1.82, 2.24) is 9.97 Å². The Morgan fingerprint density at radius 1 is 1.59 bits per heavy atom. The molecule has 2 rings (SSSR count). The number of nitrogens with zero attached hydrogens (tertiary/aromatic N) is 1. The number of halogens is 2. The lowest BCUT2D eigenvalue weighted by molar-refractivity contribution is 0.862. The summed E-state index contributed by atoms with van der Waals surface area (Å²) in [5, 5.41) is 2.48. The summed E-state index contributed by atoms with van der Waals surface area (Å²) in [4.78, 5) is 19.8. The first-order chi connectivity index (χ1) is 8.11. The molecule has 0 atom stereocenters. The van der Waals surface area contributed by atoms with Gasteiger partial charge in [0.1, 0.15) is 4.47 Å². The normalized spacial score (nSPS) is 10.8. The summed E-state index contributed by atoms with van der Waals surface area (Å²) in [6.45, 7) is 2.05. The first-order valence-electron chi connectivity index (χ1n) is 5.15. The molecule has 2 heterocycles. The van der Waals surface area contributed by atoms with E-state index in [4.69, 9.17) is 11.6 Å². The van der Waals surface area contributed by atoms with E-state index in [-0.39, 0.29) is 5.56 Å². The molecule has 17 heavy (non-hydrogen) atoms. The Morgan fingerprint density at radius 3 is 2.94 bits per heavy atom. The van der Waals surface area contributed by atoms with E-state index in [1.165, 1.54) is 11.3 Å². The van der Waals surface area contributed by atoms with E-state index in [9.17, 15) is 4.79 Å².